The molecular weight excluding hydrogens is 228 g/mol. The van der Waals surface area contributed by atoms with Crippen LogP contribution in [-0.4, -0.2) is 6.61 Å². The summed E-state index contributed by atoms with van der Waals surface area (Å²) in [7, 11) is 0. The molecule has 0 aliphatic carbocycles. The molecule has 2 rings (SSSR count). The highest BCUT2D eigenvalue weighted by Crippen LogP contribution is 2.27. The molecule has 84 valence electrons. The Bertz CT molecular complexity index is 560. The smallest absolute Gasteiger partial charge is 0.336 e. The van der Waals surface area contributed by atoms with E-state index in [0.29, 0.717) is 17.9 Å². The standard InChI is InChI=1S/C12H11ClO3/c1-2-15-10-5-3-4-9-8(7-13)6-11(14)16-12(9)10/h3-6H,2,7H2,1H3. The summed E-state index contributed by atoms with van der Waals surface area (Å²) in [6.07, 6.45) is 0. The molecule has 16 heavy (non-hydrogen) atoms. The maximum Gasteiger partial charge on any atom is 0.336 e. The number of alkyl halides is 1. The summed E-state index contributed by atoms with van der Waals surface area (Å²) in [5, 5.41) is 0.820. The minimum absolute atomic E-state index is 0.275. The molecule has 2 aromatic rings. The molecule has 0 amide bonds. The largest absolute Gasteiger partial charge is 0.490 e. The zero-order valence-corrected chi connectivity index (χ0v) is 9.58. The summed E-state index contributed by atoms with van der Waals surface area (Å²) in [4.78, 5) is 11.3. The number of para-hydroxylation sites is 1. The number of benzene rings is 1. The van der Waals surface area contributed by atoms with Gasteiger partial charge in [0, 0.05) is 17.3 Å². The van der Waals surface area contributed by atoms with Crippen LogP contribution in [0, 0.1) is 0 Å². The summed E-state index contributed by atoms with van der Waals surface area (Å²) >= 11 is 5.79. The van der Waals surface area contributed by atoms with Crippen molar-refractivity contribution in [3.05, 3.63) is 40.2 Å². The van der Waals surface area contributed by atoms with Gasteiger partial charge < -0.3 is 9.15 Å². The van der Waals surface area contributed by atoms with Gasteiger partial charge in [0.2, 0.25) is 0 Å². The first-order chi connectivity index (χ1) is 7.76. The van der Waals surface area contributed by atoms with E-state index in [0.717, 1.165) is 10.9 Å². The monoisotopic (exact) mass is 238 g/mol. The molecule has 0 saturated carbocycles. The van der Waals surface area contributed by atoms with Crippen molar-refractivity contribution in [3.8, 4) is 5.75 Å². The van der Waals surface area contributed by atoms with Crippen LogP contribution < -0.4 is 10.4 Å². The lowest BCUT2D eigenvalue weighted by atomic mass is 10.1. The highest BCUT2D eigenvalue weighted by Gasteiger charge is 2.09. The van der Waals surface area contributed by atoms with Crippen LogP contribution in [0.15, 0.2) is 33.5 Å². The second-order valence-corrected chi connectivity index (χ2v) is 3.56. The second kappa shape index (κ2) is 4.58. The second-order valence-electron chi connectivity index (χ2n) is 3.29. The van der Waals surface area contributed by atoms with Crippen LogP contribution in [0.2, 0.25) is 0 Å². The van der Waals surface area contributed by atoms with Gasteiger partial charge in [-0.25, -0.2) is 4.79 Å². The van der Waals surface area contributed by atoms with Crippen molar-refractivity contribution in [2.45, 2.75) is 12.8 Å². The fraction of sp³-hybridized carbons (Fsp3) is 0.250. The predicted octanol–water partition coefficient (Wildman–Crippen LogP) is 2.93. The van der Waals surface area contributed by atoms with E-state index in [1.54, 1.807) is 6.07 Å². The van der Waals surface area contributed by atoms with E-state index >= 15 is 0 Å². The maximum atomic E-state index is 11.3. The molecule has 0 bridgehead atoms. The lowest BCUT2D eigenvalue weighted by Crippen LogP contribution is -2.01. The molecule has 0 N–H and O–H groups in total. The van der Waals surface area contributed by atoms with Gasteiger partial charge in [-0.15, -0.1) is 11.6 Å². The van der Waals surface area contributed by atoms with Crippen molar-refractivity contribution in [3.63, 3.8) is 0 Å². The van der Waals surface area contributed by atoms with Crippen LogP contribution in [0.5, 0.6) is 5.75 Å². The number of hydrogen-bond acceptors (Lipinski definition) is 3. The molecule has 3 nitrogen and oxygen atoms in total. The Balaban J connectivity index is 2.76. The molecule has 0 saturated heterocycles. The van der Waals surface area contributed by atoms with E-state index in [1.165, 1.54) is 6.07 Å². The summed E-state index contributed by atoms with van der Waals surface area (Å²) in [5.41, 5.74) is 0.817. The molecule has 0 fully saturated rings. The van der Waals surface area contributed by atoms with Gasteiger partial charge >= 0.3 is 5.63 Å². The summed E-state index contributed by atoms with van der Waals surface area (Å²) in [6.45, 7) is 2.40. The molecule has 1 aromatic heterocycles. The Morgan fingerprint density at radius 3 is 2.94 bits per heavy atom. The van der Waals surface area contributed by atoms with E-state index in [1.807, 2.05) is 19.1 Å². The van der Waals surface area contributed by atoms with E-state index in [-0.39, 0.29) is 5.88 Å². The normalized spacial score (nSPS) is 10.6. The van der Waals surface area contributed by atoms with Crippen molar-refractivity contribution in [1.29, 1.82) is 0 Å². The Morgan fingerprint density at radius 2 is 2.25 bits per heavy atom. The van der Waals surface area contributed by atoms with Gasteiger partial charge in [0.25, 0.3) is 0 Å². The first-order valence-electron chi connectivity index (χ1n) is 5.00. The van der Waals surface area contributed by atoms with Crippen molar-refractivity contribution in [1.82, 2.24) is 0 Å². The molecule has 1 heterocycles. The number of hydrogen-bond donors (Lipinski definition) is 0. The Hall–Kier alpha value is -1.48. The highest BCUT2D eigenvalue weighted by atomic mass is 35.5. The number of ether oxygens (including phenoxy) is 1. The third-order valence-electron chi connectivity index (χ3n) is 2.26. The van der Waals surface area contributed by atoms with Crippen LogP contribution >= 0.6 is 11.6 Å². The van der Waals surface area contributed by atoms with Crippen molar-refractivity contribution < 1.29 is 9.15 Å². The lowest BCUT2D eigenvalue weighted by Gasteiger charge is -2.07. The van der Waals surface area contributed by atoms with E-state index in [2.05, 4.69) is 0 Å². The third-order valence-corrected chi connectivity index (χ3v) is 2.55. The summed E-state index contributed by atoms with van der Waals surface area (Å²) in [5.74, 6) is 0.849. The average Bonchev–Trinajstić information content (AvgIpc) is 2.29. The number of rotatable bonds is 3. The highest BCUT2D eigenvalue weighted by molar-refractivity contribution is 6.18. The number of fused-ring (bicyclic) bond motifs is 1. The third kappa shape index (κ3) is 1.91. The minimum atomic E-state index is -0.407. The van der Waals surface area contributed by atoms with Crippen LogP contribution in [0.25, 0.3) is 11.0 Å². The zero-order valence-electron chi connectivity index (χ0n) is 8.83. The fourth-order valence-electron chi connectivity index (χ4n) is 1.60. The minimum Gasteiger partial charge on any atom is -0.490 e. The number of halogens is 1. The van der Waals surface area contributed by atoms with Crippen molar-refractivity contribution >= 4 is 22.6 Å². The zero-order chi connectivity index (χ0) is 11.5. The SMILES string of the molecule is CCOc1cccc2c(CCl)cc(=O)oc12. The fourth-order valence-corrected chi connectivity index (χ4v) is 1.82. The lowest BCUT2D eigenvalue weighted by molar-refractivity contribution is 0.337. The Labute approximate surface area is 97.6 Å². The quantitative estimate of drug-likeness (QED) is 0.610. The van der Waals surface area contributed by atoms with Crippen LogP contribution in [0.3, 0.4) is 0 Å². The predicted molar refractivity (Wildman–Crippen MR) is 63.2 cm³/mol. The molecule has 0 atom stereocenters. The van der Waals surface area contributed by atoms with Gasteiger partial charge in [0.15, 0.2) is 11.3 Å². The summed E-state index contributed by atoms with van der Waals surface area (Å²) < 4.78 is 10.5. The van der Waals surface area contributed by atoms with E-state index in [4.69, 9.17) is 20.8 Å². The molecule has 1 aromatic carbocycles. The molecule has 4 heteroatoms. The van der Waals surface area contributed by atoms with Crippen LogP contribution in [0.4, 0.5) is 0 Å². The van der Waals surface area contributed by atoms with Gasteiger partial charge in [0.1, 0.15) is 0 Å². The van der Waals surface area contributed by atoms with Crippen LogP contribution in [-0.2, 0) is 5.88 Å². The van der Waals surface area contributed by atoms with Gasteiger partial charge in [-0.1, -0.05) is 12.1 Å². The average molecular weight is 239 g/mol. The molecule has 0 aliphatic rings. The first-order valence-corrected chi connectivity index (χ1v) is 5.54. The summed E-state index contributed by atoms with van der Waals surface area (Å²) in [6, 6.07) is 6.89. The van der Waals surface area contributed by atoms with E-state index in [9.17, 15) is 4.79 Å². The molecule has 0 unspecified atom stereocenters. The van der Waals surface area contributed by atoms with Crippen molar-refractivity contribution in [2.24, 2.45) is 0 Å². The van der Waals surface area contributed by atoms with Crippen molar-refractivity contribution in [2.75, 3.05) is 6.61 Å². The van der Waals surface area contributed by atoms with E-state index < -0.39 is 5.63 Å². The Kier molecular flexibility index (Phi) is 3.15. The molecular formula is C12H11ClO3. The molecule has 0 spiro atoms. The van der Waals surface area contributed by atoms with Gasteiger partial charge in [-0.3, -0.25) is 0 Å². The molecule has 0 radical (unpaired) electrons. The molecule has 0 aliphatic heterocycles. The van der Waals surface area contributed by atoms with Gasteiger partial charge in [-0.2, -0.15) is 0 Å². The Morgan fingerprint density at radius 1 is 1.44 bits per heavy atom. The van der Waals surface area contributed by atoms with Crippen LogP contribution in [0.1, 0.15) is 12.5 Å². The first kappa shape index (κ1) is 11.0. The van der Waals surface area contributed by atoms with Gasteiger partial charge in [-0.05, 0) is 18.6 Å². The topological polar surface area (TPSA) is 39.4 Å². The maximum absolute atomic E-state index is 11.3. The van der Waals surface area contributed by atoms with Gasteiger partial charge in [0.05, 0.1) is 6.61 Å².